The number of alkyl carbamates (subject to hydrolysis) is 1. The molecular formula is C24H33F3N6O3. The van der Waals surface area contributed by atoms with Crippen molar-refractivity contribution in [1.29, 1.82) is 0 Å². The summed E-state index contributed by atoms with van der Waals surface area (Å²) in [6, 6.07) is 3.89. The van der Waals surface area contributed by atoms with Gasteiger partial charge in [0.05, 0.1) is 23.7 Å². The van der Waals surface area contributed by atoms with E-state index in [1.54, 1.807) is 0 Å². The quantitative estimate of drug-likeness (QED) is 0.472. The Hall–Kier alpha value is -3.02. The van der Waals surface area contributed by atoms with Crippen LogP contribution in [-0.4, -0.2) is 70.5 Å². The number of hydrogen-bond donors (Lipinski definition) is 4. The molecule has 1 saturated heterocycles. The van der Waals surface area contributed by atoms with E-state index in [0.29, 0.717) is 11.6 Å². The zero-order valence-electron chi connectivity index (χ0n) is 20.7. The van der Waals surface area contributed by atoms with Gasteiger partial charge in [-0.1, -0.05) is 0 Å². The van der Waals surface area contributed by atoms with Crippen LogP contribution in [0.4, 0.5) is 23.8 Å². The summed E-state index contributed by atoms with van der Waals surface area (Å²) >= 11 is 0. The third-order valence-corrected chi connectivity index (χ3v) is 6.52. The minimum Gasteiger partial charge on any atom is -0.444 e. The largest absolute Gasteiger partial charge is 0.444 e. The average molecular weight is 511 g/mol. The van der Waals surface area contributed by atoms with Crippen LogP contribution in [0, 0.1) is 0 Å². The van der Waals surface area contributed by atoms with Crippen LogP contribution in [0.2, 0.25) is 0 Å². The molecule has 2 aliphatic rings. The third kappa shape index (κ3) is 6.59. The summed E-state index contributed by atoms with van der Waals surface area (Å²) in [5.74, 6) is -0.0359. The number of amides is 2. The van der Waals surface area contributed by atoms with Gasteiger partial charge in [-0.3, -0.25) is 14.8 Å². The maximum absolute atomic E-state index is 13.0. The Morgan fingerprint density at radius 3 is 2.42 bits per heavy atom. The SMILES string of the molecule is CC(C)(C)OC(=O)NC1CCC(N2CC(NC(=O)CNc3n[nH]c4ccc(C(F)(F)F)cc34)C2)CC1. The van der Waals surface area contributed by atoms with Crippen molar-refractivity contribution in [3.8, 4) is 0 Å². The molecule has 0 spiro atoms. The lowest BCUT2D eigenvalue weighted by atomic mass is 9.88. The first-order chi connectivity index (χ1) is 16.9. The van der Waals surface area contributed by atoms with Crippen molar-refractivity contribution >= 4 is 28.7 Å². The highest BCUT2D eigenvalue weighted by atomic mass is 19.4. The molecule has 0 unspecified atom stereocenters. The first kappa shape index (κ1) is 26.1. The van der Waals surface area contributed by atoms with Crippen molar-refractivity contribution in [2.45, 2.75) is 76.4 Å². The summed E-state index contributed by atoms with van der Waals surface area (Å²) < 4.78 is 44.3. The number of aromatic amines is 1. The van der Waals surface area contributed by atoms with E-state index in [0.717, 1.165) is 50.9 Å². The summed E-state index contributed by atoms with van der Waals surface area (Å²) in [4.78, 5) is 26.7. The highest BCUT2D eigenvalue weighted by Gasteiger charge is 2.36. The molecule has 2 amide bonds. The van der Waals surface area contributed by atoms with Crippen molar-refractivity contribution in [3.63, 3.8) is 0 Å². The third-order valence-electron chi connectivity index (χ3n) is 6.52. The van der Waals surface area contributed by atoms with E-state index < -0.39 is 17.3 Å². The lowest BCUT2D eigenvalue weighted by Crippen LogP contribution is -2.63. The molecule has 1 aliphatic heterocycles. The van der Waals surface area contributed by atoms with E-state index >= 15 is 0 Å². The Bertz CT molecular complexity index is 1080. The van der Waals surface area contributed by atoms with Crippen LogP contribution in [0.1, 0.15) is 52.0 Å². The first-order valence-corrected chi connectivity index (χ1v) is 12.2. The summed E-state index contributed by atoms with van der Waals surface area (Å²) in [5.41, 5.74) is -0.833. The number of benzene rings is 1. The summed E-state index contributed by atoms with van der Waals surface area (Å²) in [6.07, 6.45) is -1.13. The Balaban J connectivity index is 1.16. The molecule has 0 radical (unpaired) electrons. The number of H-pyrrole nitrogens is 1. The molecule has 198 valence electrons. The number of ether oxygens (including phenoxy) is 1. The highest BCUT2D eigenvalue weighted by molar-refractivity contribution is 5.92. The molecular weight excluding hydrogens is 477 g/mol. The maximum Gasteiger partial charge on any atom is 0.416 e. The molecule has 2 heterocycles. The fourth-order valence-electron chi connectivity index (χ4n) is 4.73. The van der Waals surface area contributed by atoms with Crippen LogP contribution in [0.3, 0.4) is 0 Å². The zero-order chi connectivity index (χ0) is 26.1. The Kier molecular flexibility index (Phi) is 7.35. The van der Waals surface area contributed by atoms with Gasteiger partial charge in [0.2, 0.25) is 5.91 Å². The zero-order valence-corrected chi connectivity index (χ0v) is 20.7. The van der Waals surface area contributed by atoms with Gasteiger partial charge in [-0.25, -0.2) is 4.79 Å². The summed E-state index contributed by atoms with van der Waals surface area (Å²) in [6.45, 7) is 6.93. The number of halogens is 3. The van der Waals surface area contributed by atoms with Gasteiger partial charge in [0, 0.05) is 30.6 Å². The number of alkyl halides is 3. The lowest BCUT2D eigenvalue weighted by molar-refractivity contribution is -0.137. The van der Waals surface area contributed by atoms with Crippen LogP contribution in [0.15, 0.2) is 18.2 Å². The number of aromatic nitrogens is 2. The van der Waals surface area contributed by atoms with E-state index in [9.17, 15) is 22.8 Å². The van der Waals surface area contributed by atoms with Gasteiger partial charge in [0.25, 0.3) is 0 Å². The van der Waals surface area contributed by atoms with E-state index in [1.807, 2.05) is 20.8 Å². The molecule has 4 rings (SSSR count). The van der Waals surface area contributed by atoms with Crippen LogP contribution in [-0.2, 0) is 15.7 Å². The van der Waals surface area contributed by atoms with Crippen molar-refractivity contribution in [2.75, 3.05) is 25.0 Å². The standard InChI is InChI=1S/C24H33F3N6O3/c1-23(2,3)36-22(35)30-15-5-7-17(8-6-15)33-12-16(13-33)29-20(34)11-28-21-18-10-14(24(25,26)27)4-9-19(18)31-32-21/h4,9-10,15-17H,5-8,11-13H2,1-3H3,(H,29,34)(H,30,35)(H2,28,31,32). The van der Waals surface area contributed by atoms with Gasteiger partial charge in [0.15, 0.2) is 5.82 Å². The number of hydrogen-bond acceptors (Lipinski definition) is 6. The van der Waals surface area contributed by atoms with Gasteiger partial charge in [0.1, 0.15) is 5.60 Å². The highest BCUT2D eigenvalue weighted by Crippen LogP contribution is 2.33. The number of likely N-dealkylation sites (tertiary alicyclic amines) is 1. The van der Waals surface area contributed by atoms with Crippen molar-refractivity contribution in [1.82, 2.24) is 25.7 Å². The number of nitrogens with zero attached hydrogens (tertiary/aromatic N) is 2. The molecule has 1 saturated carbocycles. The summed E-state index contributed by atoms with van der Waals surface area (Å²) in [5, 5.41) is 15.7. The predicted octanol–water partition coefficient (Wildman–Crippen LogP) is 3.63. The molecule has 0 atom stereocenters. The molecule has 1 aromatic carbocycles. The fourth-order valence-corrected chi connectivity index (χ4v) is 4.73. The van der Waals surface area contributed by atoms with E-state index in [2.05, 4.69) is 31.0 Å². The Labute approximate surface area is 207 Å². The van der Waals surface area contributed by atoms with Crippen LogP contribution in [0.5, 0.6) is 0 Å². The van der Waals surface area contributed by atoms with Gasteiger partial charge in [-0.2, -0.15) is 18.3 Å². The van der Waals surface area contributed by atoms with Crippen molar-refractivity contribution < 1.29 is 27.5 Å². The topological polar surface area (TPSA) is 111 Å². The Morgan fingerprint density at radius 1 is 1.08 bits per heavy atom. The molecule has 1 aromatic heterocycles. The van der Waals surface area contributed by atoms with E-state index in [1.165, 1.54) is 6.07 Å². The number of fused-ring (bicyclic) bond motifs is 1. The van der Waals surface area contributed by atoms with Crippen molar-refractivity contribution in [2.24, 2.45) is 0 Å². The van der Waals surface area contributed by atoms with Gasteiger partial charge in [-0.05, 0) is 64.7 Å². The second-order valence-electron chi connectivity index (χ2n) is 10.6. The first-order valence-electron chi connectivity index (χ1n) is 12.2. The van der Waals surface area contributed by atoms with Gasteiger partial charge < -0.3 is 20.7 Å². The molecule has 1 aliphatic carbocycles. The second kappa shape index (κ2) is 10.2. The fraction of sp³-hybridized carbons (Fsp3) is 0.625. The van der Waals surface area contributed by atoms with Gasteiger partial charge >= 0.3 is 12.3 Å². The number of anilines is 1. The summed E-state index contributed by atoms with van der Waals surface area (Å²) in [7, 11) is 0. The number of rotatable bonds is 6. The van der Waals surface area contributed by atoms with E-state index in [-0.39, 0.29) is 41.8 Å². The monoisotopic (exact) mass is 510 g/mol. The van der Waals surface area contributed by atoms with Gasteiger partial charge in [-0.15, -0.1) is 0 Å². The molecule has 0 bridgehead atoms. The maximum atomic E-state index is 13.0. The smallest absolute Gasteiger partial charge is 0.416 e. The minimum absolute atomic E-state index is 0.0321. The normalized spacial score (nSPS) is 21.6. The molecule has 12 heteroatoms. The van der Waals surface area contributed by atoms with Crippen LogP contribution >= 0.6 is 0 Å². The van der Waals surface area contributed by atoms with Crippen molar-refractivity contribution in [3.05, 3.63) is 23.8 Å². The second-order valence-corrected chi connectivity index (χ2v) is 10.6. The lowest BCUT2D eigenvalue weighted by Gasteiger charge is -2.46. The van der Waals surface area contributed by atoms with E-state index in [4.69, 9.17) is 4.74 Å². The number of carbonyl (C=O) groups is 2. The number of nitrogens with one attached hydrogen (secondary N) is 4. The van der Waals surface area contributed by atoms with Crippen LogP contribution < -0.4 is 16.0 Å². The minimum atomic E-state index is -4.45. The molecule has 4 N–H and O–H groups in total. The number of carbonyl (C=O) groups excluding carboxylic acids is 2. The molecule has 2 aromatic rings. The molecule has 36 heavy (non-hydrogen) atoms. The molecule has 9 nitrogen and oxygen atoms in total. The predicted molar refractivity (Wildman–Crippen MR) is 129 cm³/mol. The van der Waals surface area contributed by atoms with Crippen LogP contribution in [0.25, 0.3) is 10.9 Å². The molecule has 2 fully saturated rings. The average Bonchev–Trinajstić information content (AvgIpc) is 3.15. The Morgan fingerprint density at radius 2 is 1.78 bits per heavy atom.